The molecule has 1 amide bonds. The maximum Gasteiger partial charge on any atom is 0.322 e. The lowest BCUT2D eigenvalue weighted by Gasteiger charge is -2.07. The minimum absolute atomic E-state index is 0.178. The fourth-order valence-corrected chi connectivity index (χ4v) is 0.784. The lowest BCUT2D eigenvalue weighted by Crippen LogP contribution is -2.26. The number of β-amino-alcohol motifs (C(OH)–C–C–N with tert-alkyl or cyclic N) is 1. The Hall–Kier alpha value is -1.05. The minimum atomic E-state index is -0.572. The Morgan fingerprint density at radius 1 is 1.82 bits per heavy atom. The molecule has 0 aromatic carbocycles. The van der Waals surface area contributed by atoms with Crippen LogP contribution in [0.2, 0.25) is 0 Å². The molecule has 1 fully saturated rings. The molecule has 0 unspecified atom stereocenters. The Balaban J connectivity index is 2.47. The van der Waals surface area contributed by atoms with Crippen LogP contribution in [0.4, 0.5) is 0 Å². The first-order valence-electron chi connectivity index (χ1n) is 3.29. The van der Waals surface area contributed by atoms with Crippen molar-refractivity contribution in [3.05, 3.63) is 0 Å². The molecule has 0 saturated carbocycles. The van der Waals surface area contributed by atoms with Crippen molar-refractivity contribution in [2.75, 3.05) is 13.2 Å². The Morgan fingerprint density at radius 3 is 3.00 bits per heavy atom. The van der Waals surface area contributed by atoms with E-state index in [0.29, 0.717) is 0 Å². The molecular formula is C7H9NO3. The molecule has 1 atom stereocenters. The molecule has 11 heavy (non-hydrogen) atoms. The Labute approximate surface area is 64.7 Å². The lowest BCUT2D eigenvalue weighted by molar-refractivity contribution is -0.161. The number of carbonyl (C=O) groups is 1. The number of aliphatic hydroxyl groups is 1. The maximum atomic E-state index is 10.9. The third-order valence-electron chi connectivity index (χ3n) is 1.26. The zero-order valence-corrected chi connectivity index (χ0v) is 6.20. The monoisotopic (exact) mass is 155 g/mol. The highest BCUT2D eigenvalue weighted by Crippen LogP contribution is 2.04. The van der Waals surface area contributed by atoms with E-state index in [1.807, 2.05) is 0 Å². The predicted molar refractivity (Wildman–Crippen MR) is 37.1 cm³/mol. The van der Waals surface area contributed by atoms with Crippen LogP contribution in [-0.4, -0.2) is 35.3 Å². The van der Waals surface area contributed by atoms with E-state index in [-0.39, 0.29) is 13.2 Å². The van der Waals surface area contributed by atoms with Crippen LogP contribution >= 0.6 is 0 Å². The third-order valence-corrected chi connectivity index (χ3v) is 1.26. The molecule has 1 N–H and O–H groups in total. The van der Waals surface area contributed by atoms with E-state index < -0.39 is 12.0 Å². The van der Waals surface area contributed by atoms with Gasteiger partial charge < -0.3 is 5.11 Å². The van der Waals surface area contributed by atoms with Crippen molar-refractivity contribution in [2.45, 2.75) is 13.0 Å². The molecule has 1 rings (SSSR count). The molecule has 1 aliphatic rings. The van der Waals surface area contributed by atoms with Crippen molar-refractivity contribution in [3.8, 4) is 11.8 Å². The topological polar surface area (TPSA) is 49.8 Å². The van der Waals surface area contributed by atoms with E-state index in [1.54, 1.807) is 6.92 Å². The van der Waals surface area contributed by atoms with E-state index in [2.05, 4.69) is 11.8 Å². The first-order valence-corrected chi connectivity index (χ1v) is 3.29. The first kappa shape index (κ1) is 8.05. The first-order chi connectivity index (χ1) is 5.24. The number of hydrogen-bond donors (Lipinski definition) is 1. The molecule has 0 aliphatic carbocycles. The fourth-order valence-electron chi connectivity index (χ4n) is 0.784. The molecule has 4 heteroatoms. The molecule has 0 radical (unpaired) electrons. The van der Waals surface area contributed by atoms with Gasteiger partial charge in [-0.1, -0.05) is 5.92 Å². The van der Waals surface area contributed by atoms with Crippen LogP contribution in [0.1, 0.15) is 6.92 Å². The summed E-state index contributed by atoms with van der Waals surface area (Å²) in [5.74, 6) is 4.37. The number of nitrogens with zero attached hydrogens (tertiary/aromatic N) is 1. The summed E-state index contributed by atoms with van der Waals surface area (Å²) in [6.45, 7) is 1.97. The number of rotatable bonds is 0. The van der Waals surface area contributed by atoms with Crippen molar-refractivity contribution >= 4 is 5.91 Å². The zero-order valence-electron chi connectivity index (χ0n) is 6.20. The second-order valence-electron chi connectivity index (χ2n) is 2.19. The molecule has 1 heterocycles. The summed E-state index contributed by atoms with van der Waals surface area (Å²) in [5.41, 5.74) is 0. The number of carbonyl (C=O) groups excluding carboxylic acids is 1. The summed E-state index contributed by atoms with van der Waals surface area (Å²) in [6.07, 6.45) is -0.572. The Kier molecular flexibility index (Phi) is 2.47. The second kappa shape index (κ2) is 3.37. The summed E-state index contributed by atoms with van der Waals surface area (Å²) in [4.78, 5) is 15.7. The highest BCUT2D eigenvalue weighted by molar-refractivity contribution is 5.92. The van der Waals surface area contributed by atoms with Crippen LogP contribution in [-0.2, 0) is 9.63 Å². The summed E-state index contributed by atoms with van der Waals surface area (Å²) in [7, 11) is 0. The summed E-state index contributed by atoms with van der Waals surface area (Å²) in [5, 5.41) is 10.0. The zero-order chi connectivity index (χ0) is 8.27. The van der Waals surface area contributed by atoms with Gasteiger partial charge in [-0.25, -0.2) is 5.06 Å². The van der Waals surface area contributed by atoms with Crippen molar-refractivity contribution in [1.29, 1.82) is 0 Å². The van der Waals surface area contributed by atoms with Gasteiger partial charge in [-0.15, -0.1) is 0 Å². The Bertz CT molecular complexity index is 215. The van der Waals surface area contributed by atoms with E-state index in [4.69, 9.17) is 9.94 Å². The summed E-state index contributed by atoms with van der Waals surface area (Å²) < 4.78 is 0. The van der Waals surface area contributed by atoms with Crippen LogP contribution in [0.3, 0.4) is 0 Å². The summed E-state index contributed by atoms with van der Waals surface area (Å²) in [6, 6.07) is 0. The SMILES string of the molecule is CC#CC(=O)N1C[C@H](O)CO1. The molecular weight excluding hydrogens is 146 g/mol. The van der Waals surface area contributed by atoms with Crippen LogP contribution < -0.4 is 0 Å². The molecule has 0 aromatic rings. The maximum absolute atomic E-state index is 10.9. The number of hydrogen-bond acceptors (Lipinski definition) is 3. The van der Waals surface area contributed by atoms with Crippen LogP contribution in [0.15, 0.2) is 0 Å². The highest BCUT2D eigenvalue weighted by atomic mass is 16.7. The smallest absolute Gasteiger partial charge is 0.322 e. The van der Waals surface area contributed by atoms with Gasteiger partial charge in [0, 0.05) is 0 Å². The van der Waals surface area contributed by atoms with Gasteiger partial charge in [0.1, 0.15) is 12.7 Å². The Morgan fingerprint density at radius 2 is 2.55 bits per heavy atom. The lowest BCUT2D eigenvalue weighted by atomic mass is 10.4. The second-order valence-corrected chi connectivity index (χ2v) is 2.19. The van der Waals surface area contributed by atoms with Gasteiger partial charge in [0.15, 0.2) is 0 Å². The molecule has 60 valence electrons. The van der Waals surface area contributed by atoms with Crippen molar-refractivity contribution in [3.63, 3.8) is 0 Å². The van der Waals surface area contributed by atoms with E-state index >= 15 is 0 Å². The van der Waals surface area contributed by atoms with Crippen LogP contribution in [0.25, 0.3) is 0 Å². The van der Waals surface area contributed by atoms with Crippen LogP contribution in [0, 0.1) is 11.8 Å². The van der Waals surface area contributed by atoms with Gasteiger partial charge in [-0.2, -0.15) is 0 Å². The van der Waals surface area contributed by atoms with Gasteiger partial charge >= 0.3 is 5.91 Å². The number of hydroxylamine groups is 2. The standard InChI is InChI=1S/C7H9NO3/c1-2-3-7(10)8-4-6(9)5-11-8/h6,9H,4-5H2,1H3/t6-/m0/s1. The van der Waals surface area contributed by atoms with Crippen molar-refractivity contribution in [2.24, 2.45) is 0 Å². The molecule has 1 aliphatic heterocycles. The van der Waals surface area contributed by atoms with Crippen LogP contribution in [0.5, 0.6) is 0 Å². The largest absolute Gasteiger partial charge is 0.389 e. The van der Waals surface area contributed by atoms with Gasteiger partial charge in [-0.05, 0) is 12.8 Å². The minimum Gasteiger partial charge on any atom is -0.389 e. The van der Waals surface area contributed by atoms with Gasteiger partial charge in [0.2, 0.25) is 0 Å². The van der Waals surface area contributed by atoms with Gasteiger partial charge in [0.05, 0.1) is 6.54 Å². The number of aliphatic hydroxyl groups excluding tert-OH is 1. The predicted octanol–water partition coefficient (Wildman–Crippen LogP) is -0.856. The average Bonchev–Trinajstić information content (AvgIpc) is 2.36. The quantitative estimate of drug-likeness (QED) is 0.463. The van der Waals surface area contributed by atoms with Gasteiger partial charge in [0.25, 0.3) is 0 Å². The summed E-state index contributed by atoms with van der Waals surface area (Å²) >= 11 is 0. The van der Waals surface area contributed by atoms with E-state index in [0.717, 1.165) is 5.06 Å². The van der Waals surface area contributed by atoms with Gasteiger partial charge in [-0.3, -0.25) is 9.63 Å². The molecule has 0 spiro atoms. The molecule has 0 aromatic heterocycles. The number of amides is 1. The van der Waals surface area contributed by atoms with E-state index in [9.17, 15) is 4.79 Å². The van der Waals surface area contributed by atoms with E-state index in [1.165, 1.54) is 0 Å². The van der Waals surface area contributed by atoms with Crippen molar-refractivity contribution in [1.82, 2.24) is 5.06 Å². The molecule has 4 nitrogen and oxygen atoms in total. The fraction of sp³-hybridized carbons (Fsp3) is 0.571. The van der Waals surface area contributed by atoms with Crippen molar-refractivity contribution < 1.29 is 14.7 Å². The third kappa shape index (κ3) is 1.93. The average molecular weight is 155 g/mol. The molecule has 0 bridgehead atoms. The molecule has 1 saturated heterocycles. The normalized spacial score (nSPS) is 22.7. The highest BCUT2D eigenvalue weighted by Gasteiger charge is 2.24.